The number of hydrogen-bond donors (Lipinski definition) is 0. The minimum absolute atomic E-state index is 0.0279. The first kappa shape index (κ1) is 21.0. The molecule has 1 amide bonds. The van der Waals surface area contributed by atoms with E-state index in [9.17, 15) is 13.2 Å². The molecule has 8 heteroatoms. The van der Waals surface area contributed by atoms with Gasteiger partial charge < -0.3 is 4.90 Å². The highest BCUT2D eigenvalue weighted by Gasteiger charge is 2.23. The molecule has 0 saturated carbocycles. The summed E-state index contributed by atoms with van der Waals surface area (Å²) in [5, 5.41) is 0.699. The Morgan fingerprint density at radius 2 is 1.86 bits per heavy atom. The highest BCUT2D eigenvalue weighted by atomic mass is 35.5. The van der Waals surface area contributed by atoms with Gasteiger partial charge in [0, 0.05) is 31.1 Å². The van der Waals surface area contributed by atoms with Crippen LogP contribution >= 0.6 is 23.2 Å². The van der Waals surface area contributed by atoms with Crippen molar-refractivity contribution in [3.8, 4) is 0 Å². The quantitative estimate of drug-likeness (QED) is 0.678. The highest BCUT2D eigenvalue weighted by Crippen LogP contribution is 2.31. The Morgan fingerprint density at radius 1 is 1.14 bits per heavy atom. The summed E-state index contributed by atoms with van der Waals surface area (Å²) in [6, 6.07) is 12.8. The summed E-state index contributed by atoms with van der Waals surface area (Å²) in [5.41, 5.74) is 2.78. The second-order valence-corrected chi connectivity index (χ2v) is 9.62. The lowest BCUT2D eigenvalue weighted by Crippen LogP contribution is -2.37. The minimum Gasteiger partial charge on any atom is -0.338 e. The summed E-state index contributed by atoms with van der Waals surface area (Å²) < 4.78 is 25.7. The van der Waals surface area contributed by atoms with Crippen molar-refractivity contribution in [3.05, 3.63) is 63.6 Å². The van der Waals surface area contributed by atoms with Gasteiger partial charge in [-0.05, 0) is 42.2 Å². The fourth-order valence-corrected chi connectivity index (χ4v) is 4.79. The van der Waals surface area contributed by atoms with Gasteiger partial charge in [-0.15, -0.1) is 0 Å². The first-order valence-electron chi connectivity index (χ1n) is 9.03. The van der Waals surface area contributed by atoms with E-state index >= 15 is 0 Å². The van der Waals surface area contributed by atoms with Gasteiger partial charge in [0.2, 0.25) is 15.9 Å². The fraction of sp³-hybridized carbons (Fsp3) is 0.350. The van der Waals surface area contributed by atoms with E-state index in [4.69, 9.17) is 23.2 Å². The van der Waals surface area contributed by atoms with E-state index in [1.807, 2.05) is 23.1 Å². The Bertz CT molecular complexity index is 979. The molecule has 28 heavy (non-hydrogen) atoms. The summed E-state index contributed by atoms with van der Waals surface area (Å²) >= 11 is 12.2. The number of nitrogens with zero attached hydrogens (tertiary/aromatic N) is 2. The largest absolute Gasteiger partial charge is 0.338 e. The lowest BCUT2D eigenvalue weighted by molar-refractivity contribution is -0.132. The molecule has 5 nitrogen and oxygen atoms in total. The molecule has 2 aromatic carbocycles. The Labute approximate surface area is 175 Å². The van der Waals surface area contributed by atoms with Gasteiger partial charge in [-0.25, -0.2) is 8.42 Å². The average Bonchev–Trinajstić information content (AvgIpc) is 2.66. The standard InChI is InChI=1S/C20H22Cl2N2O3S/c1-28(26,27)24(19-13-17(21)8-9-18(19)22)11-4-7-20(25)23-12-10-15-5-2-3-6-16(15)14-23/h2-3,5-6,8-9,13H,4,7,10-12,14H2,1H3. The van der Waals surface area contributed by atoms with Crippen LogP contribution < -0.4 is 4.31 Å². The number of anilines is 1. The molecule has 0 aliphatic carbocycles. The molecule has 2 aromatic rings. The molecular formula is C20H22Cl2N2O3S. The lowest BCUT2D eigenvalue weighted by atomic mass is 9.99. The number of carbonyl (C=O) groups excluding carboxylic acids is 1. The zero-order valence-electron chi connectivity index (χ0n) is 15.6. The summed E-state index contributed by atoms with van der Waals surface area (Å²) in [6.07, 6.45) is 2.63. The van der Waals surface area contributed by atoms with Crippen molar-refractivity contribution in [2.45, 2.75) is 25.8 Å². The van der Waals surface area contributed by atoms with E-state index in [-0.39, 0.29) is 18.9 Å². The Hall–Kier alpha value is -1.76. The first-order chi connectivity index (χ1) is 13.3. The normalized spacial score (nSPS) is 13.9. The predicted octanol–water partition coefficient (Wildman–Crippen LogP) is 4.12. The number of halogens is 2. The molecule has 0 radical (unpaired) electrons. The maximum Gasteiger partial charge on any atom is 0.232 e. The Morgan fingerprint density at radius 3 is 2.57 bits per heavy atom. The molecule has 0 bridgehead atoms. The van der Waals surface area contributed by atoms with Crippen LogP contribution in [0.3, 0.4) is 0 Å². The number of hydrogen-bond acceptors (Lipinski definition) is 3. The summed E-state index contributed by atoms with van der Waals surface area (Å²) in [5.74, 6) is 0.0279. The zero-order chi connectivity index (χ0) is 20.3. The molecule has 0 N–H and O–H groups in total. The van der Waals surface area contributed by atoms with Crippen molar-refractivity contribution in [2.24, 2.45) is 0 Å². The van der Waals surface area contributed by atoms with Crippen LogP contribution in [0.2, 0.25) is 10.0 Å². The minimum atomic E-state index is -3.55. The van der Waals surface area contributed by atoms with Gasteiger partial charge in [-0.3, -0.25) is 9.10 Å². The number of benzene rings is 2. The number of fused-ring (bicyclic) bond motifs is 1. The molecule has 1 aliphatic heterocycles. The van der Waals surface area contributed by atoms with Gasteiger partial charge in [0.25, 0.3) is 0 Å². The molecule has 0 atom stereocenters. The number of rotatable bonds is 6. The number of amides is 1. The lowest BCUT2D eigenvalue weighted by Gasteiger charge is -2.29. The van der Waals surface area contributed by atoms with Gasteiger partial charge in [-0.1, -0.05) is 47.5 Å². The molecule has 0 fully saturated rings. The van der Waals surface area contributed by atoms with Crippen molar-refractivity contribution in [3.63, 3.8) is 0 Å². The molecule has 1 aliphatic rings. The van der Waals surface area contributed by atoms with Crippen molar-refractivity contribution >= 4 is 44.8 Å². The van der Waals surface area contributed by atoms with Crippen molar-refractivity contribution in [1.82, 2.24) is 4.90 Å². The van der Waals surface area contributed by atoms with E-state index in [1.165, 1.54) is 21.5 Å². The zero-order valence-corrected chi connectivity index (χ0v) is 17.9. The second-order valence-electron chi connectivity index (χ2n) is 6.87. The molecule has 1 heterocycles. The van der Waals surface area contributed by atoms with Crippen molar-refractivity contribution in [2.75, 3.05) is 23.7 Å². The smallest absolute Gasteiger partial charge is 0.232 e. The third-order valence-corrected chi connectivity index (χ3v) is 6.55. The van der Waals surface area contributed by atoms with Crippen LogP contribution in [0.1, 0.15) is 24.0 Å². The maximum atomic E-state index is 12.6. The third kappa shape index (κ3) is 4.99. The van der Waals surface area contributed by atoms with E-state index in [0.29, 0.717) is 35.2 Å². The van der Waals surface area contributed by atoms with Crippen LogP contribution in [0, 0.1) is 0 Å². The molecular weight excluding hydrogens is 419 g/mol. The average molecular weight is 441 g/mol. The molecule has 0 spiro atoms. The van der Waals surface area contributed by atoms with Crippen LogP contribution in [0.25, 0.3) is 0 Å². The number of sulfonamides is 1. The summed E-state index contributed by atoms with van der Waals surface area (Å²) in [7, 11) is -3.55. The Kier molecular flexibility index (Phi) is 6.53. The van der Waals surface area contributed by atoms with Crippen LogP contribution in [0.4, 0.5) is 5.69 Å². The monoisotopic (exact) mass is 440 g/mol. The van der Waals surface area contributed by atoms with E-state index in [2.05, 4.69) is 6.07 Å². The molecule has 150 valence electrons. The molecule has 0 unspecified atom stereocenters. The van der Waals surface area contributed by atoms with Gasteiger partial charge in [0.1, 0.15) is 0 Å². The van der Waals surface area contributed by atoms with Crippen LogP contribution in [0.5, 0.6) is 0 Å². The van der Waals surface area contributed by atoms with Crippen molar-refractivity contribution < 1.29 is 13.2 Å². The van der Waals surface area contributed by atoms with Crippen LogP contribution in [-0.4, -0.2) is 38.6 Å². The summed E-state index contributed by atoms with van der Waals surface area (Å²) in [6.45, 7) is 1.45. The topological polar surface area (TPSA) is 57.7 Å². The highest BCUT2D eigenvalue weighted by molar-refractivity contribution is 7.92. The fourth-order valence-electron chi connectivity index (χ4n) is 3.38. The van der Waals surface area contributed by atoms with E-state index in [1.54, 1.807) is 12.1 Å². The predicted molar refractivity (Wildman–Crippen MR) is 113 cm³/mol. The molecule has 0 aromatic heterocycles. The Balaban J connectivity index is 1.63. The number of carbonyl (C=O) groups is 1. The third-order valence-electron chi connectivity index (χ3n) is 4.81. The van der Waals surface area contributed by atoms with Gasteiger partial charge in [0.05, 0.1) is 17.0 Å². The van der Waals surface area contributed by atoms with Crippen LogP contribution in [0.15, 0.2) is 42.5 Å². The SMILES string of the molecule is CS(=O)(=O)N(CCCC(=O)N1CCc2ccccc2C1)c1cc(Cl)ccc1Cl. The molecule has 3 rings (SSSR count). The summed E-state index contributed by atoms with van der Waals surface area (Å²) in [4.78, 5) is 14.4. The van der Waals surface area contributed by atoms with Gasteiger partial charge in [-0.2, -0.15) is 0 Å². The maximum absolute atomic E-state index is 12.6. The second kappa shape index (κ2) is 8.72. The van der Waals surface area contributed by atoms with Gasteiger partial charge in [0.15, 0.2) is 0 Å². The van der Waals surface area contributed by atoms with Crippen molar-refractivity contribution in [1.29, 1.82) is 0 Å². The molecule has 0 saturated heterocycles. The van der Waals surface area contributed by atoms with E-state index < -0.39 is 10.0 Å². The van der Waals surface area contributed by atoms with Crippen LogP contribution in [-0.2, 0) is 27.8 Å². The first-order valence-corrected chi connectivity index (χ1v) is 11.6. The van der Waals surface area contributed by atoms with Gasteiger partial charge >= 0.3 is 0 Å². The van der Waals surface area contributed by atoms with E-state index in [0.717, 1.165) is 12.7 Å².